The Balaban J connectivity index is 1.45. The Bertz CT molecular complexity index is 1250. The van der Waals surface area contributed by atoms with Crippen LogP contribution >= 0.6 is 0 Å². The molecule has 9 heteroatoms. The SMILES string of the molecule is OC1CC2(CCC2)[C@@H](O)c2nc(C3CCOCC3)c3c(c21)C1(CCOCC1)OC3c1ccc(C(F)(F)F)cc1. The van der Waals surface area contributed by atoms with Gasteiger partial charge < -0.3 is 24.4 Å². The number of aliphatic hydroxyl groups excluding tert-OH is 2. The molecule has 0 bridgehead atoms. The predicted molar refractivity (Wildman–Crippen MR) is 134 cm³/mol. The van der Waals surface area contributed by atoms with E-state index in [9.17, 15) is 23.4 Å². The standard InChI is InChI=1S/C30H34F3NO5/c31-30(32,33)19-4-2-18(3-5-19)26-22-23(29(39-26)10-14-38-15-11-29)21-20(35)16-28(8-1-9-28)27(36)25(21)34-24(22)17-6-12-37-13-7-17/h2-5,17,20,26-27,35-36H,1,6-16H2/t20?,26?,27-/m0/s1. The minimum Gasteiger partial charge on any atom is -0.388 e. The van der Waals surface area contributed by atoms with E-state index in [1.165, 1.54) is 12.1 Å². The minimum atomic E-state index is -4.43. The summed E-state index contributed by atoms with van der Waals surface area (Å²) in [6, 6.07) is 5.20. The molecular formula is C30H34F3NO5. The van der Waals surface area contributed by atoms with Gasteiger partial charge in [0.25, 0.3) is 0 Å². The lowest BCUT2D eigenvalue weighted by atomic mass is 9.57. The number of benzene rings is 1. The maximum atomic E-state index is 13.4. The number of aliphatic hydroxyl groups is 2. The largest absolute Gasteiger partial charge is 0.416 e. The fourth-order valence-corrected chi connectivity index (χ4v) is 7.73. The molecule has 2 N–H and O–H groups in total. The molecule has 2 aliphatic carbocycles. The zero-order valence-corrected chi connectivity index (χ0v) is 21.8. The van der Waals surface area contributed by atoms with Gasteiger partial charge in [-0.2, -0.15) is 13.2 Å². The summed E-state index contributed by atoms with van der Waals surface area (Å²) in [6.45, 7) is 2.15. The highest BCUT2D eigenvalue weighted by atomic mass is 19.4. The van der Waals surface area contributed by atoms with Gasteiger partial charge >= 0.3 is 6.18 Å². The van der Waals surface area contributed by atoms with Gasteiger partial charge in [-0.15, -0.1) is 0 Å². The van der Waals surface area contributed by atoms with E-state index in [1.54, 1.807) is 0 Å². The number of fused-ring (bicyclic) bond motifs is 4. The normalized spacial score (nSPS) is 29.7. The first-order valence-electron chi connectivity index (χ1n) is 14.2. The van der Waals surface area contributed by atoms with Gasteiger partial charge in [0.1, 0.15) is 12.2 Å². The first-order valence-corrected chi connectivity index (χ1v) is 14.2. The van der Waals surface area contributed by atoms with Crippen LogP contribution in [0.2, 0.25) is 0 Å². The molecule has 7 rings (SSSR count). The van der Waals surface area contributed by atoms with Crippen molar-refractivity contribution in [1.82, 2.24) is 4.98 Å². The number of hydrogen-bond donors (Lipinski definition) is 2. The molecule has 2 unspecified atom stereocenters. The highest BCUT2D eigenvalue weighted by molar-refractivity contribution is 5.55. The molecule has 2 aromatic rings. The van der Waals surface area contributed by atoms with Gasteiger partial charge in [0.2, 0.25) is 0 Å². The van der Waals surface area contributed by atoms with Crippen LogP contribution in [0.3, 0.4) is 0 Å². The smallest absolute Gasteiger partial charge is 0.388 e. The summed E-state index contributed by atoms with van der Waals surface area (Å²) in [7, 11) is 0. The monoisotopic (exact) mass is 545 g/mol. The van der Waals surface area contributed by atoms with Crippen molar-refractivity contribution in [1.29, 1.82) is 0 Å². The summed E-state index contributed by atoms with van der Waals surface area (Å²) >= 11 is 0. The molecule has 0 radical (unpaired) electrons. The van der Waals surface area contributed by atoms with Crippen molar-refractivity contribution in [3.8, 4) is 0 Å². The van der Waals surface area contributed by atoms with E-state index >= 15 is 0 Å². The molecule has 1 aromatic heterocycles. The molecule has 2 spiro atoms. The molecule has 6 nitrogen and oxygen atoms in total. The molecule has 4 heterocycles. The molecule has 2 saturated heterocycles. The van der Waals surface area contributed by atoms with Gasteiger partial charge in [0.15, 0.2) is 0 Å². The molecule has 3 fully saturated rings. The van der Waals surface area contributed by atoms with Crippen LogP contribution in [0.1, 0.15) is 115 Å². The fourth-order valence-electron chi connectivity index (χ4n) is 7.73. The number of rotatable bonds is 2. The lowest BCUT2D eigenvalue weighted by Gasteiger charge is -2.51. The number of nitrogens with zero attached hydrogens (tertiary/aromatic N) is 1. The van der Waals surface area contributed by atoms with Crippen molar-refractivity contribution in [2.75, 3.05) is 26.4 Å². The highest BCUT2D eigenvalue weighted by Gasteiger charge is 2.56. The van der Waals surface area contributed by atoms with Crippen LogP contribution in [0.4, 0.5) is 13.2 Å². The zero-order valence-electron chi connectivity index (χ0n) is 21.8. The molecule has 1 saturated carbocycles. The minimum absolute atomic E-state index is 0.0666. The van der Waals surface area contributed by atoms with E-state index < -0.39 is 35.7 Å². The van der Waals surface area contributed by atoms with Gasteiger partial charge in [0.05, 0.1) is 28.7 Å². The van der Waals surface area contributed by atoms with E-state index in [0.717, 1.165) is 61.1 Å². The van der Waals surface area contributed by atoms with Crippen molar-refractivity contribution < 1.29 is 37.6 Å². The number of alkyl halides is 3. The summed E-state index contributed by atoms with van der Waals surface area (Å²) in [5, 5.41) is 23.4. The number of pyridine rings is 1. The van der Waals surface area contributed by atoms with E-state index in [0.29, 0.717) is 62.5 Å². The predicted octanol–water partition coefficient (Wildman–Crippen LogP) is 5.76. The molecule has 1 aromatic carbocycles. The Kier molecular flexibility index (Phi) is 6.14. The van der Waals surface area contributed by atoms with Crippen LogP contribution in [0.15, 0.2) is 24.3 Å². The Morgan fingerprint density at radius 3 is 2.13 bits per heavy atom. The molecule has 39 heavy (non-hydrogen) atoms. The lowest BCUT2D eigenvalue weighted by Crippen LogP contribution is -2.43. The zero-order chi connectivity index (χ0) is 27.0. The second-order valence-electron chi connectivity index (χ2n) is 12.0. The molecule has 210 valence electrons. The van der Waals surface area contributed by atoms with E-state index in [1.807, 2.05) is 0 Å². The molecule has 0 amide bonds. The molecule has 3 atom stereocenters. The van der Waals surface area contributed by atoms with Crippen molar-refractivity contribution in [2.45, 2.75) is 87.4 Å². The van der Waals surface area contributed by atoms with Gasteiger partial charge in [-0.05, 0) is 55.4 Å². The molecule has 5 aliphatic rings. The van der Waals surface area contributed by atoms with Gasteiger partial charge in [0, 0.05) is 61.7 Å². The third kappa shape index (κ3) is 3.99. The highest BCUT2D eigenvalue weighted by Crippen LogP contribution is 2.63. The topological polar surface area (TPSA) is 81.0 Å². The maximum absolute atomic E-state index is 13.4. The average molecular weight is 546 g/mol. The van der Waals surface area contributed by atoms with Crippen LogP contribution in [-0.2, 0) is 26.0 Å². The maximum Gasteiger partial charge on any atom is 0.416 e. The summed E-state index contributed by atoms with van der Waals surface area (Å²) in [5.74, 6) is 0.0666. The van der Waals surface area contributed by atoms with Crippen LogP contribution in [-0.4, -0.2) is 41.6 Å². The van der Waals surface area contributed by atoms with E-state index in [4.69, 9.17) is 19.2 Å². The van der Waals surface area contributed by atoms with Crippen molar-refractivity contribution in [3.05, 3.63) is 63.5 Å². The Hall–Kier alpha value is -2.04. The number of hydrogen-bond acceptors (Lipinski definition) is 6. The van der Waals surface area contributed by atoms with Crippen molar-refractivity contribution in [3.63, 3.8) is 0 Å². The number of aromatic nitrogens is 1. The van der Waals surface area contributed by atoms with Crippen LogP contribution in [0.25, 0.3) is 0 Å². The Morgan fingerprint density at radius 1 is 0.846 bits per heavy atom. The van der Waals surface area contributed by atoms with E-state index in [2.05, 4.69) is 0 Å². The second kappa shape index (κ2) is 9.24. The number of ether oxygens (including phenoxy) is 3. The fraction of sp³-hybridized carbons (Fsp3) is 0.633. The Labute approximate surface area is 225 Å². The molecule has 3 aliphatic heterocycles. The summed E-state index contributed by atoms with van der Waals surface area (Å²) < 4.78 is 58.4. The van der Waals surface area contributed by atoms with Gasteiger partial charge in [-0.1, -0.05) is 18.6 Å². The van der Waals surface area contributed by atoms with Gasteiger partial charge in [-0.3, -0.25) is 4.98 Å². The first-order chi connectivity index (χ1) is 18.7. The quantitative estimate of drug-likeness (QED) is 0.500. The first kappa shape index (κ1) is 25.9. The average Bonchev–Trinajstić information content (AvgIpc) is 3.23. The Morgan fingerprint density at radius 2 is 1.51 bits per heavy atom. The van der Waals surface area contributed by atoms with Crippen LogP contribution in [0, 0.1) is 5.41 Å². The van der Waals surface area contributed by atoms with Crippen molar-refractivity contribution in [2.24, 2.45) is 5.41 Å². The number of halogens is 3. The second-order valence-corrected chi connectivity index (χ2v) is 12.0. The van der Waals surface area contributed by atoms with Crippen molar-refractivity contribution >= 4 is 0 Å². The van der Waals surface area contributed by atoms with Crippen LogP contribution in [0.5, 0.6) is 0 Å². The van der Waals surface area contributed by atoms with Crippen LogP contribution < -0.4 is 0 Å². The third-order valence-corrected chi connectivity index (χ3v) is 9.96. The third-order valence-electron chi connectivity index (χ3n) is 9.96. The summed E-state index contributed by atoms with van der Waals surface area (Å²) in [4.78, 5) is 5.17. The lowest BCUT2D eigenvalue weighted by molar-refractivity contribution is -0.137. The summed E-state index contributed by atoms with van der Waals surface area (Å²) in [6.07, 6.45) is -0.737. The van der Waals surface area contributed by atoms with Gasteiger partial charge in [-0.25, -0.2) is 0 Å². The summed E-state index contributed by atoms with van der Waals surface area (Å²) in [5.41, 5.74) is 2.63. The van der Waals surface area contributed by atoms with E-state index in [-0.39, 0.29) is 11.3 Å². The molecular weight excluding hydrogens is 511 g/mol.